The van der Waals surface area contributed by atoms with E-state index in [1.807, 2.05) is 72.8 Å². The number of allylic oxidation sites excluding steroid dienone is 4. The lowest BCUT2D eigenvalue weighted by molar-refractivity contribution is 0.0975. The molecule has 6 nitrogen and oxygen atoms in total. The first-order valence-electron chi connectivity index (χ1n) is 16.4. The first kappa shape index (κ1) is 29.5. The molecule has 0 unspecified atom stereocenters. The average molecular weight is 687 g/mol. The molecule has 0 aliphatic heterocycles. The van der Waals surface area contributed by atoms with Crippen LogP contribution in [0.4, 0.5) is 0 Å². The van der Waals surface area contributed by atoms with Crippen LogP contribution < -0.4 is 0 Å². The highest BCUT2D eigenvalue weighted by Crippen LogP contribution is 2.64. The van der Waals surface area contributed by atoms with Gasteiger partial charge in [0.25, 0.3) is 0 Å². The van der Waals surface area contributed by atoms with Gasteiger partial charge in [0.1, 0.15) is 10.0 Å². The number of hydrogen-bond donors (Lipinski definition) is 0. The minimum Gasteiger partial charge on any atom is -0.288 e. The highest BCUT2D eigenvalue weighted by Gasteiger charge is 2.54. The topological polar surface area (TPSA) is 94.1 Å². The second-order valence-electron chi connectivity index (χ2n) is 14.4. The molecule has 10 rings (SSSR count). The fraction of sp³-hybridized carbons (Fsp3) is 0.143. The van der Waals surface area contributed by atoms with Crippen LogP contribution in [0.25, 0.3) is 44.8 Å². The van der Waals surface area contributed by atoms with Crippen LogP contribution in [-0.2, 0) is 10.8 Å². The summed E-state index contributed by atoms with van der Waals surface area (Å²) in [5, 5.41) is 4.94. The molecule has 6 aromatic rings. The lowest BCUT2D eigenvalue weighted by atomic mass is 9.84. The lowest BCUT2D eigenvalue weighted by Gasteiger charge is -2.21. The SMILES string of the molecule is CC1(C)C2=C(c3sc(C=C4C(=O)c5cc6ccccc6cc5C4=O)nc31)C(C)(C)c1nc(C=C3C(=O)c4cc5ccccc5cc4C3=O)sc12. The lowest BCUT2D eigenvalue weighted by Crippen LogP contribution is -2.18. The Hall–Kier alpha value is -5.44. The highest BCUT2D eigenvalue weighted by atomic mass is 32.1. The number of thiazole rings is 2. The van der Waals surface area contributed by atoms with Gasteiger partial charge >= 0.3 is 0 Å². The molecule has 0 atom stereocenters. The van der Waals surface area contributed by atoms with Crippen molar-refractivity contribution in [2.24, 2.45) is 0 Å². The Morgan fingerprint density at radius 2 is 0.800 bits per heavy atom. The van der Waals surface area contributed by atoms with Crippen LogP contribution in [0, 0.1) is 0 Å². The van der Waals surface area contributed by atoms with Gasteiger partial charge in [-0.15, -0.1) is 22.7 Å². The van der Waals surface area contributed by atoms with Gasteiger partial charge < -0.3 is 0 Å². The van der Waals surface area contributed by atoms with E-state index < -0.39 is 10.8 Å². The van der Waals surface area contributed by atoms with Gasteiger partial charge in [-0.1, -0.05) is 76.2 Å². The minimum atomic E-state index is -0.475. The molecule has 8 heteroatoms. The molecular weight excluding hydrogens is 661 g/mol. The summed E-state index contributed by atoms with van der Waals surface area (Å²) in [6, 6.07) is 22.7. The fourth-order valence-electron chi connectivity index (χ4n) is 8.17. The van der Waals surface area contributed by atoms with Gasteiger partial charge in [0.15, 0.2) is 23.1 Å². The van der Waals surface area contributed by atoms with Crippen LogP contribution in [0.3, 0.4) is 0 Å². The van der Waals surface area contributed by atoms with Gasteiger partial charge in [-0.05, 0) is 69.1 Å². The molecule has 0 bridgehead atoms. The van der Waals surface area contributed by atoms with Crippen molar-refractivity contribution in [1.29, 1.82) is 0 Å². The van der Waals surface area contributed by atoms with E-state index in [1.165, 1.54) is 22.7 Å². The van der Waals surface area contributed by atoms with E-state index in [-0.39, 0.29) is 34.3 Å². The van der Waals surface area contributed by atoms with Gasteiger partial charge in [-0.3, -0.25) is 19.2 Å². The van der Waals surface area contributed by atoms with Crippen LogP contribution in [0.2, 0.25) is 0 Å². The molecule has 0 radical (unpaired) electrons. The van der Waals surface area contributed by atoms with Crippen molar-refractivity contribution in [3.8, 4) is 0 Å². The van der Waals surface area contributed by atoms with Crippen molar-refractivity contribution in [3.05, 3.63) is 137 Å². The summed E-state index contributed by atoms with van der Waals surface area (Å²) in [6.45, 7) is 8.58. The monoisotopic (exact) mass is 686 g/mol. The number of fused-ring (bicyclic) bond motifs is 8. The Morgan fingerprint density at radius 1 is 0.500 bits per heavy atom. The largest absolute Gasteiger partial charge is 0.288 e. The van der Waals surface area contributed by atoms with Crippen molar-refractivity contribution < 1.29 is 19.2 Å². The number of rotatable bonds is 2. The Balaban J connectivity index is 1.02. The second kappa shape index (κ2) is 9.62. The van der Waals surface area contributed by atoms with Gasteiger partial charge in [-0.2, -0.15) is 0 Å². The number of Topliss-reactive ketones (excluding diaryl/α,β-unsaturated/α-hetero) is 4. The predicted molar refractivity (Wildman–Crippen MR) is 198 cm³/mol. The second-order valence-corrected chi connectivity index (χ2v) is 16.4. The quantitative estimate of drug-likeness (QED) is 0.133. The molecule has 2 heterocycles. The molecule has 0 N–H and O–H groups in total. The number of hydrogen-bond acceptors (Lipinski definition) is 8. The minimum absolute atomic E-state index is 0.144. The summed E-state index contributed by atoms with van der Waals surface area (Å²) in [7, 11) is 0. The van der Waals surface area contributed by atoms with Crippen molar-refractivity contribution in [2.45, 2.75) is 38.5 Å². The van der Waals surface area contributed by atoms with E-state index in [2.05, 4.69) is 27.7 Å². The normalized spacial score (nSPS) is 17.9. The maximum absolute atomic E-state index is 13.5. The first-order chi connectivity index (χ1) is 23.9. The molecule has 4 aliphatic carbocycles. The number of ketones is 4. The molecule has 0 saturated heterocycles. The van der Waals surface area contributed by atoms with Crippen molar-refractivity contribution in [3.63, 3.8) is 0 Å². The number of aromatic nitrogens is 2. The number of carbonyl (C=O) groups excluding carboxylic acids is 4. The Bertz CT molecular complexity index is 2480. The zero-order valence-electron chi connectivity index (χ0n) is 27.4. The van der Waals surface area contributed by atoms with Crippen LogP contribution >= 0.6 is 22.7 Å². The molecule has 240 valence electrons. The molecule has 4 aromatic carbocycles. The Morgan fingerprint density at radius 3 is 1.10 bits per heavy atom. The maximum Gasteiger partial charge on any atom is 0.197 e. The highest BCUT2D eigenvalue weighted by molar-refractivity contribution is 7.15. The van der Waals surface area contributed by atoms with Gasteiger partial charge in [0, 0.05) is 33.1 Å². The molecule has 0 fully saturated rings. The third kappa shape index (κ3) is 3.72. The molecule has 0 amide bonds. The van der Waals surface area contributed by atoms with Crippen LogP contribution in [0.1, 0.15) is 100 Å². The standard InChI is InChI=1S/C42H26N2O4S2/c1-41(2)31-32(38-39(41)43-29(50-38)17-27-33(45)23-13-19-9-5-6-10-20(19)14-24(23)34(27)46)42(3,4)40-37(31)49-30(44-40)18-28-35(47)25-15-21-11-7-8-12-22(21)16-26(25)36(28)48/h5-18H,1-4H3. The summed E-state index contributed by atoms with van der Waals surface area (Å²) in [5.74, 6) is -1.07. The molecule has 50 heavy (non-hydrogen) atoms. The van der Waals surface area contributed by atoms with Crippen LogP contribution in [0.15, 0.2) is 83.9 Å². The summed E-state index contributed by atoms with van der Waals surface area (Å²) in [4.78, 5) is 66.2. The van der Waals surface area contributed by atoms with Crippen molar-refractivity contribution >= 4 is 90.6 Å². The van der Waals surface area contributed by atoms with Crippen molar-refractivity contribution in [2.75, 3.05) is 0 Å². The fourth-order valence-corrected chi connectivity index (χ4v) is 10.9. The average Bonchev–Trinajstić information content (AvgIpc) is 3.90. The van der Waals surface area contributed by atoms with E-state index in [0.717, 1.165) is 53.8 Å². The van der Waals surface area contributed by atoms with Crippen LogP contribution in [0.5, 0.6) is 0 Å². The zero-order chi connectivity index (χ0) is 34.4. The Labute approximate surface area is 294 Å². The smallest absolute Gasteiger partial charge is 0.197 e. The molecule has 0 saturated carbocycles. The summed E-state index contributed by atoms with van der Waals surface area (Å²) < 4.78 is 0. The van der Waals surface area contributed by atoms with E-state index in [4.69, 9.17) is 9.97 Å². The summed E-state index contributed by atoms with van der Waals surface area (Å²) in [6.07, 6.45) is 3.32. The first-order valence-corrected chi connectivity index (χ1v) is 18.0. The summed E-state index contributed by atoms with van der Waals surface area (Å²) in [5.41, 5.74) is 5.21. The maximum atomic E-state index is 13.5. The third-order valence-corrected chi connectivity index (χ3v) is 12.7. The van der Waals surface area contributed by atoms with E-state index in [0.29, 0.717) is 32.3 Å². The van der Waals surface area contributed by atoms with E-state index in [9.17, 15) is 19.2 Å². The molecular formula is C42H26N2O4S2. The van der Waals surface area contributed by atoms with E-state index in [1.54, 1.807) is 12.2 Å². The van der Waals surface area contributed by atoms with Gasteiger partial charge in [0.05, 0.1) is 32.3 Å². The van der Waals surface area contributed by atoms with Crippen LogP contribution in [-0.4, -0.2) is 33.1 Å². The van der Waals surface area contributed by atoms with Crippen molar-refractivity contribution in [1.82, 2.24) is 9.97 Å². The van der Waals surface area contributed by atoms with Gasteiger partial charge in [0.2, 0.25) is 0 Å². The predicted octanol–water partition coefficient (Wildman–Crippen LogP) is 9.32. The third-order valence-electron chi connectivity index (χ3n) is 10.7. The summed E-state index contributed by atoms with van der Waals surface area (Å²) >= 11 is 3.00. The van der Waals surface area contributed by atoms with Gasteiger partial charge in [-0.25, -0.2) is 9.97 Å². The molecule has 2 aromatic heterocycles. The molecule has 0 spiro atoms. The molecule has 4 aliphatic rings. The Kier molecular flexibility index (Phi) is 5.67. The number of carbonyl (C=O) groups is 4. The number of nitrogens with zero attached hydrogens (tertiary/aromatic N) is 2. The zero-order valence-corrected chi connectivity index (χ0v) is 29.1. The van der Waals surface area contributed by atoms with E-state index >= 15 is 0 Å². The number of benzene rings is 4.